The van der Waals surface area contributed by atoms with Crippen molar-refractivity contribution in [2.24, 2.45) is 0 Å². The summed E-state index contributed by atoms with van der Waals surface area (Å²) >= 11 is 0. The number of aryl methyl sites for hydroxylation is 1. The van der Waals surface area contributed by atoms with Crippen LogP contribution in [0.15, 0.2) is 48.5 Å². The largest absolute Gasteiger partial charge is 0.487 e. The van der Waals surface area contributed by atoms with Crippen molar-refractivity contribution in [1.29, 1.82) is 0 Å². The Labute approximate surface area is 166 Å². The van der Waals surface area contributed by atoms with Gasteiger partial charge in [-0.25, -0.2) is 0 Å². The van der Waals surface area contributed by atoms with Crippen LogP contribution in [0.5, 0.6) is 5.75 Å². The summed E-state index contributed by atoms with van der Waals surface area (Å²) in [5.41, 5.74) is 3.67. The van der Waals surface area contributed by atoms with Crippen LogP contribution < -0.4 is 4.74 Å². The lowest BCUT2D eigenvalue weighted by molar-refractivity contribution is -0.139. The minimum Gasteiger partial charge on any atom is -0.487 e. The normalized spacial score (nSPS) is 21.0. The molecule has 2 heterocycles. The molecule has 1 unspecified atom stereocenters. The Bertz CT molecular complexity index is 797. The molecule has 2 aliphatic heterocycles. The van der Waals surface area contributed by atoms with Crippen LogP contribution in [-0.2, 0) is 4.79 Å². The summed E-state index contributed by atoms with van der Waals surface area (Å²) in [4.78, 5) is 13.0. The van der Waals surface area contributed by atoms with Gasteiger partial charge in [-0.1, -0.05) is 48.0 Å². The number of benzene rings is 2. The minimum absolute atomic E-state index is 0. The average Bonchev–Trinajstić information content (AvgIpc) is 2.64. The Morgan fingerprint density at radius 1 is 1.15 bits per heavy atom. The fourth-order valence-corrected chi connectivity index (χ4v) is 4.33. The third-order valence-electron chi connectivity index (χ3n) is 5.80. The smallest absolute Gasteiger partial charge is 0.317 e. The highest BCUT2D eigenvalue weighted by molar-refractivity contribution is 5.85. The molecule has 1 N–H and O–H groups in total. The first kappa shape index (κ1) is 19.7. The van der Waals surface area contributed by atoms with Gasteiger partial charge in [0.1, 0.15) is 11.4 Å². The molecule has 0 amide bonds. The van der Waals surface area contributed by atoms with Crippen molar-refractivity contribution in [3.05, 3.63) is 65.2 Å². The fraction of sp³-hybridized carbons (Fsp3) is 0.409. The van der Waals surface area contributed by atoms with Crippen LogP contribution in [0.3, 0.4) is 0 Å². The molecule has 1 saturated heterocycles. The van der Waals surface area contributed by atoms with E-state index in [1.807, 2.05) is 11.0 Å². The molecule has 1 spiro atoms. The lowest BCUT2D eigenvalue weighted by Gasteiger charge is -2.47. The molecular formula is C22H26ClNO3. The Kier molecular flexibility index (Phi) is 5.78. The van der Waals surface area contributed by atoms with Gasteiger partial charge in [-0.2, -0.15) is 0 Å². The number of para-hydroxylation sites is 1. The Hall–Kier alpha value is -2.04. The first-order chi connectivity index (χ1) is 12.5. The molecule has 27 heavy (non-hydrogen) atoms. The first-order valence-corrected chi connectivity index (χ1v) is 9.33. The predicted molar refractivity (Wildman–Crippen MR) is 108 cm³/mol. The van der Waals surface area contributed by atoms with E-state index in [9.17, 15) is 4.79 Å². The average molecular weight is 388 g/mol. The molecule has 0 bridgehead atoms. The zero-order valence-electron chi connectivity index (χ0n) is 15.6. The maximum atomic E-state index is 11.0. The summed E-state index contributed by atoms with van der Waals surface area (Å²) in [5, 5.41) is 9.04. The van der Waals surface area contributed by atoms with E-state index in [1.54, 1.807) is 0 Å². The first-order valence-electron chi connectivity index (χ1n) is 9.33. The van der Waals surface area contributed by atoms with E-state index < -0.39 is 5.97 Å². The number of halogens is 1. The fourth-order valence-electron chi connectivity index (χ4n) is 4.33. The van der Waals surface area contributed by atoms with Gasteiger partial charge in [0.2, 0.25) is 0 Å². The van der Waals surface area contributed by atoms with Gasteiger partial charge in [-0.15, -0.1) is 12.4 Å². The van der Waals surface area contributed by atoms with Gasteiger partial charge in [-0.3, -0.25) is 9.69 Å². The molecule has 4 rings (SSSR count). The predicted octanol–water partition coefficient (Wildman–Crippen LogP) is 4.25. The third kappa shape index (κ3) is 4.12. The molecular weight excluding hydrogens is 362 g/mol. The van der Waals surface area contributed by atoms with Crippen LogP contribution in [0.25, 0.3) is 0 Å². The van der Waals surface area contributed by atoms with Gasteiger partial charge in [-0.05, 0) is 37.8 Å². The van der Waals surface area contributed by atoms with E-state index in [0.717, 1.165) is 38.1 Å². The summed E-state index contributed by atoms with van der Waals surface area (Å²) < 4.78 is 6.52. The minimum atomic E-state index is -0.756. The summed E-state index contributed by atoms with van der Waals surface area (Å²) in [7, 11) is 0. The van der Waals surface area contributed by atoms with Crippen LogP contribution in [0.4, 0.5) is 0 Å². The van der Waals surface area contributed by atoms with E-state index in [1.165, 1.54) is 16.7 Å². The van der Waals surface area contributed by atoms with E-state index in [0.29, 0.717) is 5.92 Å². The number of fused-ring (bicyclic) bond motifs is 1. The van der Waals surface area contributed by atoms with Crippen molar-refractivity contribution in [1.82, 2.24) is 4.90 Å². The zero-order valence-corrected chi connectivity index (χ0v) is 16.4. The Morgan fingerprint density at radius 2 is 1.81 bits per heavy atom. The number of carboxylic acid groups (broad SMARTS) is 1. The van der Waals surface area contributed by atoms with Crippen LogP contribution in [-0.4, -0.2) is 41.2 Å². The van der Waals surface area contributed by atoms with Crippen molar-refractivity contribution in [3.8, 4) is 5.75 Å². The van der Waals surface area contributed by atoms with Gasteiger partial charge in [0, 0.05) is 24.6 Å². The van der Waals surface area contributed by atoms with Gasteiger partial charge in [0.15, 0.2) is 0 Å². The number of hydrogen-bond donors (Lipinski definition) is 1. The van der Waals surface area contributed by atoms with Crippen LogP contribution in [0, 0.1) is 6.92 Å². The number of aliphatic carboxylic acids is 1. The second-order valence-corrected chi connectivity index (χ2v) is 7.66. The maximum Gasteiger partial charge on any atom is 0.317 e. The van der Waals surface area contributed by atoms with Gasteiger partial charge in [0.05, 0.1) is 6.54 Å². The molecule has 0 radical (unpaired) electrons. The monoisotopic (exact) mass is 387 g/mol. The molecule has 5 heteroatoms. The number of ether oxygens (including phenoxy) is 1. The second-order valence-electron chi connectivity index (χ2n) is 7.66. The lowest BCUT2D eigenvalue weighted by atomic mass is 9.74. The van der Waals surface area contributed by atoms with Crippen molar-refractivity contribution in [2.45, 2.75) is 37.7 Å². The van der Waals surface area contributed by atoms with Crippen LogP contribution in [0.1, 0.15) is 41.9 Å². The number of hydrogen-bond acceptors (Lipinski definition) is 3. The number of nitrogens with zero attached hydrogens (tertiary/aromatic N) is 1. The highest BCUT2D eigenvalue weighted by atomic mass is 35.5. The quantitative estimate of drug-likeness (QED) is 0.855. The number of piperidine rings is 1. The molecule has 1 fully saturated rings. The summed E-state index contributed by atoms with van der Waals surface area (Å²) in [6, 6.07) is 17.2. The number of carbonyl (C=O) groups is 1. The molecule has 0 aliphatic carbocycles. The molecule has 4 nitrogen and oxygen atoms in total. The number of carboxylic acids is 1. The summed E-state index contributed by atoms with van der Waals surface area (Å²) in [6.07, 6.45) is 2.70. The van der Waals surface area contributed by atoms with Crippen LogP contribution >= 0.6 is 12.4 Å². The van der Waals surface area contributed by atoms with Crippen LogP contribution in [0.2, 0.25) is 0 Å². The van der Waals surface area contributed by atoms with E-state index in [4.69, 9.17) is 9.84 Å². The van der Waals surface area contributed by atoms with Gasteiger partial charge in [0.25, 0.3) is 0 Å². The summed E-state index contributed by atoms with van der Waals surface area (Å²) in [6.45, 7) is 3.78. The van der Waals surface area contributed by atoms with E-state index in [2.05, 4.69) is 49.4 Å². The molecule has 144 valence electrons. The van der Waals surface area contributed by atoms with E-state index >= 15 is 0 Å². The third-order valence-corrected chi connectivity index (χ3v) is 5.80. The van der Waals surface area contributed by atoms with Crippen molar-refractivity contribution >= 4 is 18.4 Å². The van der Waals surface area contributed by atoms with Gasteiger partial charge < -0.3 is 9.84 Å². The molecule has 2 aromatic rings. The topological polar surface area (TPSA) is 49.8 Å². The van der Waals surface area contributed by atoms with Crippen molar-refractivity contribution in [3.63, 3.8) is 0 Å². The van der Waals surface area contributed by atoms with E-state index in [-0.39, 0.29) is 24.6 Å². The number of likely N-dealkylation sites (tertiary alicyclic amines) is 1. The standard InChI is InChI=1S/C22H25NO3.ClH/c1-16-6-8-17(9-7-16)19-14-22(26-20-5-3-2-4-18(19)20)10-12-23(13-11-22)15-21(24)25;/h2-9,19H,10-15H2,1H3,(H,24,25);1H. The van der Waals surface area contributed by atoms with Gasteiger partial charge >= 0.3 is 5.97 Å². The molecule has 1 atom stereocenters. The second kappa shape index (κ2) is 7.91. The number of rotatable bonds is 3. The SMILES string of the molecule is Cc1ccc(C2CC3(CCN(CC(=O)O)CC3)Oc3ccccc32)cc1.Cl. The highest BCUT2D eigenvalue weighted by Gasteiger charge is 2.43. The Balaban J connectivity index is 0.00000210. The molecule has 2 aromatic carbocycles. The van der Waals surface area contributed by atoms with Crippen molar-refractivity contribution in [2.75, 3.05) is 19.6 Å². The molecule has 0 aromatic heterocycles. The van der Waals surface area contributed by atoms with Crippen molar-refractivity contribution < 1.29 is 14.6 Å². The molecule has 2 aliphatic rings. The molecule has 0 saturated carbocycles. The lowest BCUT2D eigenvalue weighted by Crippen LogP contribution is -2.51. The Morgan fingerprint density at radius 3 is 2.48 bits per heavy atom. The zero-order chi connectivity index (χ0) is 18.1. The maximum absolute atomic E-state index is 11.0. The highest BCUT2D eigenvalue weighted by Crippen LogP contribution is 2.47. The summed E-state index contributed by atoms with van der Waals surface area (Å²) in [5.74, 6) is 0.552.